The van der Waals surface area contributed by atoms with Crippen LogP contribution in [0.4, 0.5) is 13.2 Å². The molecule has 1 aromatic heterocycles. The van der Waals surface area contributed by atoms with Gasteiger partial charge in [0.15, 0.2) is 5.78 Å². The van der Waals surface area contributed by atoms with E-state index < -0.39 is 17.5 Å². The summed E-state index contributed by atoms with van der Waals surface area (Å²) >= 11 is 0. The molecule has 0 saturated carbocycles. The molecule has 2 rings (SSSR count). The monoisotopic (exact) mass is 240 g/mol. The molecule has 0 atom stereocenters. The van der Waals surface area contributed by atoms with Crippen molar-refractivity contribution in [3.8, 4) is 0 Å². The second-order valence-corrected chi connectivity index (χ2v) is 3.38. The molecule has 0 aliphatic rings. The summed E-state index contributed by atoms with van der Waals surface area (Å²) < 4.78 is 42.7. The first-order valence-electron chi connectivity index (χ1n) is 4.73. The fraction of sp³-hybridized carbons (Fsp3) is 0.0833. The van der Waals surface area contributed by atoms with Gasteiger partial charge in [-0.2, -0.15) is 13.2 Å². The van der Waals surface area contributed by atoms with Gasteiger partial charge in [0.25, 0.3) is 0 Å². The van der Waals surface area contributed by atoms with Crippen LogP contribution in [-0.2, 0) is 6.18 Å². The van der Waals surface area contributed by atoms with Crippen molar-refractivity contribution in [3.05, 3.63) is 59.5 Å². The number of alkyl halides is 3. The van der Waals surface area contributed by atoms with Crippen LogP contribution in [0.3, 0.4) is 0 Å². The Kier molecular flexibility index (Phi) is 2.75. The van der Waals surface area contributed by atoms with Crippen LogP contribution in [0.25, 0.3) is 0 Å². The van der Waals surface area contributed by atoms with E-state index in [1.54, 1.807) is 0 Å². The summed E-state index contributed by atoms with van der Waals surface area (Å²) in [6.45, 7) is 0. The first kappa shape index (κ1) is 11.4. The molecule has 0 aliphatic carbocycles. The topological polar surface area (TPSA) is 30.2 Å². The van der Waals surface area contributed by atoms with Gasteiger partial charge in [-0.15, -0.1) is 0 Å². The van der Waals surface area contributed by atoms with Crippen molar-refractivity contribution in [2.45, 2.75) is 6.18 Å². The number of hydrogen-bond donors (Lipinski definition) is 0. The second-order valence-electron chi connectivity index (χ2n) is 3.38. The third-order valence-corrected chi connectivity index (χ3v) is 2.26. The molecule has 2 aromatic rings. The van der Waals surface area contributed by atoms with Gasteiger partial charge in [0, 0.05) is 5.56 Å². The molecule has 0 unspecified atom stereocenters. The number of furan rings is 1. The van der Waals surface area contributed by atoms with Crippen LogP contribution in [-0.4, -0.2) is 5.78 Å². The molecule has 2 nitrogen and oxygen atoms in total. The number of benzene rings is 1. The molecule has 0 N–H and O–H groups in total. The molecule has 0 bridgehead atoms. The van der Waals surface area contributed by atoms with Gasteiger partial charge in [-0.05, 0) is 12.1 Å². The summed E-state index contributed by atoms with van der Waals surface area (Å²) in [5.74, 6) is -0.702. The lowest BCUT2D eigenvalue weighted by Crippen LogP contribution is -2.13. The maximum absolute atomic E-state index is 12.7. The highest BCUT2D eigenvalue weighted by Crippen LogP contribution is 2.32. The predicted molar refractivity (Wildman–Crippen MR) is 53.6 cm³/mol. The SMILES string of the molecule is O=C(c1ccoc1)c1ccccc1C(F)(F)F. The van der Waals surface area contributed by atoms with Crippen LogP contribution < -0.4 is 0 Å². The van der Waals surface area contributed by atoms with E-state index in [-0.39, 0.29) is 11.1 Å². The summed E-state index contributed by atoms with van der Waals surface area (Å²) in [6.07, 6.45) is -2.19. The highest BCUT2D eigenvalue weighted by atomic mass is 19.4. The Balaban J connectivity index is 2.50. The van der Waals surface area contributed by atoms with Crippen molar-refractivity contribution in [2.75, 3.05) is 0 Å². The minimum atomic E-state index is -4.55. The Hall–Kier alpha value is -2.04. The fourth-order valence-electron chi connectivity index (χ4n) is 1.48. The average Bonchev–Trinajstić information content (AvgIpc) is 2.80. The molecule has 0 radical (unpaired) electrons. The van der Waals surface area contributed by atoms with Gasteiger partial charge >= 0.3 is 6.18 Å². The van der Waals surface area contributed by atoms with Crippen LogP contribution in [0, 0.1) is 0 Å². The van der Waals surface area contributed by atoms with E-state index in [9.17, 15) is 18.0 Å². The molecule has 0 aliphatic heterocycles. The first-order valence-corrected chi connectivity index (χ1v) is 4.73. The summed E-state index contributed by atoms with van der Waals surface area (Å²) in [5, 5.41) is 0. The third kappa shape index (κ3) is 2.22. The number of carbonyl (C=O) groups is 1. The van der Waals surface area contributed by atoms with Crippen molar-refractivity contribution in [1.82, 2.24) is 0 Å². The lowest BCUT2D eigenvalue weighted by molar-refractivity contribution is -0.137. The van der Waals surface area contributed by atoms with Crippen molar-refractivity contribution >= 4 is 5.78 Å². The van der Waals surface area contributed by atoms with Crippen LogP contribution in [0.5, 0.6) is 0 Å². The average molecular weight is 240 g/mol. The van der Waals surface area contributed by atoms with Crippen molar-refractivity contribution in [2.24, 2.45) is 0 Å². The summed E-state index contributed by atoms with van der Waals surface area (Å²) in [4.78, 5) is 11.8. The van der Waals surface area contributed by atoms with Gasteiger partial charge in [0.2, 0.25) is 0 Å². The van der Waals surface area contributed by atoms with Gasteiger partial charge in [0.05, 0.1) is 17.4 Å². The van der Waals surface area contributed by atoms with E-state index in [0.717, 1.165) is 18.4 Å². The predicted octanol–water partition coefficient (Wildman–Crippen LogP) is 3.53. The first-order chi connectivity index (χ1) is 8.00. The molecule has 0 spiro atoms. The molecule has 88 valence electrons. The van der Waals surface area contributed by atoms with E-state index in [1.165, 1.54) is 24.5 Å². The molecule has 1 heterocycles. The standard InChI is InChI=1S/C12H7F3O2/c13-12(14,15)10-4-2-1-3-9(10)11(16)8-5-6-17-7-8/h1-7H. The lowest BCUT2D eigenvalue weighted by atomic mass is 10.00. The molecule has 0 fully saturated rings. The molecular formula is C12H7F3O2. The highest BCUT2D eigenvalue weighted by molar-refractivity contribution is 6.09. The third-order valence-electron chi connectivity index (χ3n) is 2.26. The Bertz CT molecular complexity index is 527. The normalized spacial score (nSPS) is 11.5. The maximum Gasteiger partial charge on any atom is 0.417 e. The molecule has 1 aromatic carbocycles. The molecule has 0 amide bonds. The van der Waals surface area contributed by atoms with Crippen LogP contribution in [0.2, 0.25) is 0 Å². The van der Waals surface area contributed by atoms with Gasteiger partial charge in [0.1, 0.15) is 6.26 Å². The maximum atomic E-state index is 12.7. The molecule has 5 heteroatoms. The van der Waals surface area contributed by atoms with E-state index in [4.69, 9.17) is 0 Å². The van der Waals surface area contributed by atoms with Gasteiger partial charge < -0.3 is 4.42 Å². The Morgan fingerprint density at radius 3 is 2.41 bits per heavy atom. The number of ketones is 1. The number of hydrogen-bond acceptors (Lipinski definition) is 2. The zero-order valence-corrected chi connectivity index (χ0v) is 8.49. The van der Waals surface area contributed by atoms with Gasteiger partial charge in [-0.25, -0.2) is 0 Å². The Labute approximate surface area is 94.7 Å². The summed E-state index contributed by atoms with van der Waals surface area (Å²) in [5.41, 5.74) is -1.21. The largest absolute Gasteiger partial charge is 0.472 e. The zero-order valence-electron chi connectivity index (χ0n) is 8.49. The number of rotatable bonds is 2. The van der Waals surface area contributed by atoms with Crippen molar-refractivity contribution in [3.63, 3.8) is 0 Å². The van der Waals surface area contributed by atoms with E-state index in [2.05, 4.69) is 4.42 Å². The van der Waals surface area contributed by atoms with Crippen molar-refractivity contribution in [1.29, 1.82) is 0 Å². The fourth-order valence-corrected chi connectivity index (χ4v) is 1.48. The Morgan fingerprint density at radius 1 is 1.12 bits per heavy atom. The quantitative estimate of drug-likeness (QED) is 0.751. The molecule has 0 saturated heterocycles. The second kappa shape index (κ2) is 4.08. The van der Waals surface area contributed by atoms with E-state index in [1.807, 2.05) is 0 Å². The number of carbonyl (C=O) groups excluding carboxylic acids is 1. The molecular weight excluding hydrogens is 233 g/mol. The van der Waals surface area contributed by atoms with Crippen molar-refractivity contribution < 1.29 is 22.4 Å². The van der Waals surface area contributed by atoms with Crippen LogP contribution >= 0.6 is 0 Å². The lowest BCUT2D eigenvalue weighted by Gasteiger charge is -2.10. The van der Waals surface area contributed by atoms with E-state index in [0.29, 0.717) is 0 Å². The smallest absolute Gasteiger partial charge is 0.417 e. The van der Waals surface area contributed by atoms with Gasteiger partial charge in [-0.3, -0.25) is 4.79 Å². The van der Waals surface area contributed by atoms with Crippen LogP contribution in [0.1, 0.15) is 21.5 Å². The summed E-state index contributed by atoms with van der Waals surface area (Å²) in [7, 11) is 0. The summed E-state index contributed by atoms with van der Waals surface area (Å²) in [6, 6.07) is 6.00. The minimum Gasteiger partial charge on any atom is -0.472 e. The van der Waals surface area contributed by atoms with E-state index >= 15 is 0 Å². The van der Waals surface area contributed by atoms with Crippen LogP contribution in [0.15, 0.2) is 47.3 Å². The minimum absolute atomic E-state index is 0.0988. The number of halogens is 3. The molecule has 17 heavy (non-hydrogen) atoms. The van der Waals surface area contributed by atoms with Gasteiger partial charge in [-0.1, -0.05) is 18.2 Å². The highest BCUT2D eigenvalue weighted by Gasteiger charge is 2.35. The Morgan fingerprint density at radius 2 is 1.82 bits per heavy atom. The zero-order chi connectivity index (χ0) is 12.5.